The van der Waals surface area contributed by atoms with Crippen LogP contribution in [-0.2, 0) is 14.3 Å². The molecule has 208 valence electrons. The summed E-state index contributed by atoms with van der Waals surface area (Å²) in [6, 6.07) is 2.37. The number of hydrogen-bond donors (Lipinski definition) is 3. The zero-order chi connectivity index (χ0) is 27.2. The van der Waals surface area contributed by atoms with Crippen LogP contribution in [0.25, 0.3) is 0 Å². The van der Waals surface area contributed by atoms with Gasteiger partial charge in [-0.2, -0.15) is 0 Å². The van der Waals surface area contributed by atoms with Crippen molar-refractivity contribution in [2.45, 2.75) is 43.9 Å². The maximum Gasteiger partial charge on any atom is 0.247 e. The van der Waals surface area contributed by atoms with E-state index in [9.17, 15) is 24.6 Å². The molecule has 2 aliphatic heterocycles. The van der Waals surface area contributed by atoms with E-state index in [0.717, 1.165) is 13.1 Å². The Kier molecular flexibility index (Phi) is 9.37. The molecule has 1 aromatic rings. The van der Waals surface area contributed by atoms with Gasteiger partial charge < -0.3 is 34.6 Å². The number of carbonyl (C=O) groups is 3. The van der Waals surface area contributed by atoms with Crippen LogP contribution in [0, 0.1) is 0 Å². The smallest absolute Gasteiger partial charge is 0.247 e. The molecule has 38 heavy (non-hydrogen) atoms. The predicted octanol–water partition coefficient (Wildman–Crippen LogP) is 0.0912. The molecule has 2 heterocycles. The lowest BCUT2D eigenvalue weighted by Crippen LogP contribution is -2.57. The highest BCUT2D eigenvalue weighted by molar-refractivity contribution is 5.96. The molecule has 0 radical (unpaired) electrons. The molecular weight excluding hydrogens is 494 g/mol. The summed E-state index contributed by atoms with van der Waals surface area (Å²) < 4.78 is 17.1. The lowest BCUT2D eigenvalue weighted by Gasteiger charge is -2.41. The van der Waals surface area contributed by atoms with Crippen molar-refractivity contribution in [2.75, 3.05) is 59.7 Å². The Labute approximate surface area is 222 Å². The van der Waals surface area contributed by atoms with E-state index in [0.29, 0.717) is 73.6 Å². The van der Waals surface area contributed by atoms with Crippen molar-refractivity contribution in [3.05, 3.63) is 34.9 Å². The van der Waals surface area contributed by atoms with Crippen LogP contribution in [0.5, 0.6) is 11.5 Å². The Balaban J connectivity index is 1.73. The first-order valence-corrected chi connectivity index (χ1v) is 13.2. The van der Waals surface area contributed by atoms with Gasteiger partial charge in [0.25, 0.3) is 0 Å². The Morgan fingerprint density at radius 2 is 2.05 bits per heavy atom. The third-order valence-corrected chi connectivity index (χ3v) is 7.32. The minimum absolute atomic E-state index is 0.0434. The number of aliphatic hydroxyl groups is 2. The number of aldehydes is 1. The van der Waals surface area contributed by atoms with E-state index in [1.54, 1.807) is 23.1 Å². The third-order valence-electron chi connectivity index (χ3n) is 7.32. The molecule has 11 heteroatoms. The number of aliphatic hydroxyl groups excluding tert-OH is 2. The number of morpholine rings is 1. The van der Waals surface area contributed by atoms with Gasteiger partial charge in [-0.1, -0.05) is 6.92 Å². The molecule has 1 saturated heterocycles. The first-order chi connectivity index (χ1) is 18.4. The van der Waals surface area contributed by atoms with E-state index in [1.807, 2.05) is 6.92 Å². The second kappa shape index (κ2) is 12.7. The number of ether oxygens (including phenoxy) is 3. The van der Waals surface area contributed by atoms with Gasteiger partial charge >= 0.3 is 0 Å². The molecule has 1 aromatic carbocycles. The molecule has 0 aromatic heterocycles. The summed E-state index contributed by atoms with van der Waals surface area (Å²) in [7, 11) is 1.45. The van der Waals surface area contributed by atoms with E-state index < -0.39 is 30.1 Å². The van der Waals surface area contributed by atoms with Crippen LogP contribution in [0.3, 0.4) is 0 Å². The number of hydrogen-bond acceptors (Lipinski definition) is 9. The van der Waals surface area contributed by atoms with E-state index in [-0.39, 0.29) is 19.1 Å². The monoisotopic (exact) mass is 531 g/mol. The zero-order valence-corrected chi connectivity index (χ0v) is 21.9. The van der Waals surface area contributed by atoms with Crippen molar-refractivity contribution in [3.8, 4) is 11.5 Å². The number of nitrogens with one attached hydrogen (secondary N) is 1. The molecule has 0 unspecified atom stereocenters. The largest absolute Gasteiger partial charge is 0.493 e. The molecule has 0 bridgehead atoms. The van der Waals surface area contributed by atoms with Crippen molar-refractivity contribution >= 4 is 18.1 Å². The van der Waals surface area contributed by atoms with Crippen molar-refractivity contribution in [1.82, 2.24) is 15.1 Å². The maximum atomic E-state index is 13.3. The molecule has 4 rings (SSSR count). The van der Waals surface area contributed by atoms with E-state index in [1.165, 1.54) is 7.11 Å². The number of fused-ring (bicyclic) bond motifs is 3. The molecule has 4 atom stereocenters. The fourth-order valence-corrected chi connectivity index (χ4v) is 5.43. The summed E-state index contributed by atoms with van der Waals surface area (Å²) in [5.41, 5.74) is 1.21. The first-order valence-electron chi connectivity index (χ1n) is 13.2. The molecule has 11 nitrogen and oxygen atoms in total. The van der Waals surface area contributed by atoms with Gasteiger partial charge in [0.05, 0.1) is 38.9 Å². The van der Waals surface area contributed by atoms with Crippen LogP contribution in [0.1, 0.15) is 41.6 Å². The zero-order valence-electron chi connectivity index (χ0n) is 21.9. The van der Waals surface area contributed by atoms with Crippen molar-refractivity contribution in [2.24, 2.45) is 0 Å². The quantitative estimate of drug-likeness (QED) is 0.339. The van der Waals surface area contributed by atoms with E-state index in [2.05, 4.69) is 10.2 Å². The fourth-order valence-electron chi connectivity index (χ4n) is 5.43. The number of methoxy groups -OCH3 is 1. The van der Waals surface area contributed by atoms with Crippen LogP contribution in [0.4, 0.5) is 0 Å². The molecule has 1 fully saturated rings. The summed E-state index contributed by atoms with van der Waals surface area (Å²) in [4.78, 5) is 42.1. The van der Waals surface area contributed by atoms with Gasteiger partial charge in [-0.25, -0.2) is 0 Å². The van der Waals surface area contributed by atoms with Crippen molar-refractivity contribution in [1.29, 1.82) is 0 Å². The summed E-state index contributed by atoms with van der Waals surface area (Å²) >= 11 is 0. The Morgan fingerprint density at radius 3 is 2.71 bits per heavy atom. The number of carbonyl (C=O) groups excluding carboxylic acids is 3. The number of amides is 2. The minimum Gasteiger partial charge on any atom is -0.493 e. The topological polar surface area (TPSA) is 138 Å². The van der Waals surface area contributed by atoms with Crippen LogP contribution in [-0.4, -0.2) is 116 Å². The molecule has 1 aliphatic carbocycles. The van der Waals surface area contributed by atoms with Gasteiger partial charge in [0.2, 0.25) is 11.8 Å². The average molecular weight is 532 g/mol. The van der Waals surface area contributed by atoms with E-state index in [4.69, 9.17) is 14.2 Å². The number of nitrogens with zero attached hydrogens (tertiary/aromatic N) is 2. The van der Waals surface area contributed by atoms with Gasteiger partial charge in [-0.15, -0.1) is 0 Å². The molecule has 3 N–H and O–H groups in total. The van der Waals surface area contributed by atoms with Crippen LogP contribution < -0.4 is 14.8 Å². The first kappa shape index (κ1) is 28.0. The average Bonchev–Trinajstić information content (AvgIpc) is 3.33. The lowest BCUT2D eigenvalue weighted by atomic mass is 9.77. The Morgan fingerprint density at radius 1 is 1.29 bits per heavy atom. The standard InChI is InChI=1S/C27H37N3O8/c1-3-4-22(33)30(7-6-29-8-11-37-12-9-29)20-15-19(27(35)28-5-10-31)23-18-13-17(16-32)14-21(36-2)25(18)38-26(23)24(20)34/h13-16,20,23-24,26,31,34H,3-12H2,1-2H3,(H,28,35)/t20-,23+,24+,26+/m1/s1. The second-order valence-corrected chi connectivity index (χ2v) is 9.69. The van der Waals surface area contributed by atoms with Gasteiger partial charge in [0.15, 0.2) is 11.5 Å². The molecular formula is C27H37N3O8. The molecule has 0 spiro atoms. The van der Waals surface area contributed by atoms with Gasteiger partial charge in [0, 0.05) is 55.8 Å². The Bertz CT molecular complexity index is 1060. The SMILES string of the molecule is CCCC(=O)N(CCN1CCOCC1)[C@@H]1C=C(C(=O)NCCO)[C@@H]2c3cc(C=O)cc(OC)c3O[C@@H]2[C@H]1O. The predicted molar refractivity (Wildman–Crippen MR) is 137 cm³/mol. The van der Waals surface area contributed by atoms with Gasteiger partial charge in [-0.3, -0.25) is 19.3 Å². The van der Waals surface area contributed by atoms with Crippen molar-refractivity contribution in [3.63, 3.8) is 0 Å². The highest BCUT2D eigenvalue weighted by Gasteiger charge is 2.51. The summed E-state index contributed by atoms with van der Waals surface area (Å²) in [6.45, 7) is 5.47. The lowest BCUT2D eigenvalue weighted by molar-refractivity contribution is -0.137. The van der Waals surface area contributed by atoms with Crippen molar-refractivity contribution < 1.29 is 38.8 Å². The molecule has 3 aliphatic rings. The van der Waals surface area contributed by atoms with E-state index >= 15 is 0 Å². The maximum absolute atomic E-state index is 13.3. The fraction of sp³-hybridized carbons (Fsp3) is 0.593. The normalized spacial score (nSPS) is 24.5. The minimum atomic E-state index is -1.14. The van der Waals surface area contributed by atoms with Crippen LogP contribution in [0.15, 0.2) is 23.8 Å². The highest BCUT2D eigenvalue weighted by Crippen LogP contribution is 2.51. The van der Waals surface area contributed by atoms with Crippen LogP contribution >= 0.6 is 0 Å². The van der Waals surface area contributed by atoms with Gasteiger partial charge in [0.1, 0.15) is 18.5 Å². The summed E-state index contributed by atoms with van der Waals surface area (Å²) in [5, 5.41) is 23.6. The Hall–Kier alpha value is -2.99. The van der Waals surface area contributed by atoms with Crippen LogP contribution in [0.2, 0.25) is 0 Å². The molecule has 0 saturated carbocycles. The highest BCUT2D eigenvalue weighted by atomic mass is 16.5. The number of rotatable bonds is 11. The second-order valence-electron chi connectivity index (χ2n) is 9.69. The third kappa shape index (κ3) is 5.70. The molecule has 2 amide bonds. The summed E-state index contributed by atoms with van der Waals surface area (Å²) in [5.74, 6) is -0.566. The number of benzene rings is 1. The van der Waals surface area contributed by atoms with Gasteiger partial charge in [-0.05, 0) is 24.6 Å². The summed E-state index contributed by atoms with van der Waals surface area (Å²) in [6.07, 6.45) is 1.25.